The molecule has 0 fully saturated rings. The molecule has 0 aromatic heterocycles. The Balaban J connectivity index is 1.99. The van der Waals surface area contributed by atoms with Gasteiger partial charge >= 0.3 is 0 Å². The quantitative estimate of drug-likeness (QED) is 0.642. The molecule has 0 aliphatic rings. The standard InChI is InChI=1S/C14H22N2O2/c1-18-11-5-9-16-14(17)12-15-10-8-13-6-3-2-4-7-13/h2-4,6-7,15H,5,8-12H2,1H3,(H,16,17). The first-order valence-electron chi connectivity index (χ1n) is 6.33. The summed E-state index contributed by atoms with van der Waals surface area (Å²) in [7, 11) is 1.66. The van der Waals surface area contributed by atoms with Crippen molar-refractivity contribution >= 4 is 5.91 Å². The molecule has 0 atom stereocenters. The molecule has 100 valence electrons. The Bertz CT molecular complexity index is 328. The third-order valence-electron chi connectivity index (χ3n) is 2.57. The SMILES string of the molecule is COCCCNC(=O)CNCCc1ccccc1. The van der Waals surface area contributed by atoms with Gasteiger partial charge in [0.2, 0.25) is 5.91 Å². The van der Waals surface area contributed by atoms with E-state index < -0.39 is 0 Å². The van der Waals surface area contributed by atoms with Crippen LogP contribution in [0.25, 0.3) is 0 Å². The third-order valence-corrected chi connectivity index (χ3v) is 2.57. The van der Waals surface area contributed by atoms with E-state index >= 15 is 0 Å². The normalized spacial score (nSPS) is 10.3. The van der Waals surface area contributed by atoms with Gasteiger partial charge in [0.1, 0.15) is 0 Å². The largest absolute Gasteiger partial charge is 0.385 e. The maximum Gasteiger partial charge on any atom is 0.233 e. The molecule has 0 heterocycles. The molecule has 1 amide bonds. The second-order valence-corrected chi connectivity index (χ2v) is 4.11. The van der Waals surface area contributed by atoms with Crippen LogP contribution in [0.5, 0.6) is 0 Å². The van der Waals surface area contributed by atoms with E-state index in [2.05, 4.69) is 22.8 Å². The fourth-order valence-electron chi connectivity index (χ4n) is 1.59. The van der Waals surface area contributed by atoms with Crippen molar-refractivity contribution in [2.45, 2.75) is 12.8 Å². The van der Waals surface area contributed by atoms with Gasteiger partial charge in [-0.1, -0.05) is 30.3 Å². The lowest BCUT2D eigenvalue weighted by Gasteiger charge is -2.06. The van der Waals surface area contributed by atoms with Crippen LogP contribution in [-0.4, -0.2) is 39.3 Å². The summed E-state index contributed by atoms with van der Waals surface area (Å²) in [6, 6.07) is 10.2. The topological polar surface area (TPSA) is 50.4 Å². The van der Waals surface area contributed by atoms with Crippen LogP contribution < -0.4 is 10.6 Å². The maximum absolute atomic E-state index is 11.4. The molecule has 4 nitrogen and oxygen atoms in total. The van der Waals surface area contributed by atoms with Gasteiger partial charge in [-0.3, -0.25) is 4.79 Å². The van der Waals surface area contributed by atoms with Crippen LogP contribution >= 0.6 is 0 Å². The lowest BCUT2D eigenvalue weighted by molar-refractivity contribution is -0.120. The number of ether oxygens (including phenoxy) is 1. The zero-order valence-electron chi connectivity index (χ0n) is 10.9. The predicted octanol–water partition coefficient (Wildman–Crippen LogP) is 0.971. The Kier molecular flexibility index (Phi) is 7.84. The van der Waals surface area contributed by atoms with Crippen molar-refractivity contribution in [3.8, 4) is 0 Å². The van der Waals surface area contributed by atoms with Crippen LogP contribution in [0.3, 0.4) is 0 Å². The van der Waals surface area contributed by atoms with Gasteiger partial charge in [0.15, 0.2) is 0 Å². The summed E-state index contributed by atoms with van der Waals surface area (Å²) in [4.78, 5) is 11.4. The van der Waals surface area contributed by atoms with E-state index in [1.54, 1.807) is 7.11 Å². The first kappa shape index (κ1) is 14.7. The van der Waals surface area contributed by atoms with E-state index in [4.69, 9.17) is 4.74 Å². The molecule has 1 aromatic carbocycles. The second kappa shape index (κ2) is 9.62. The minimum absolute atomic E-state index is 0.0409. The number of hydrogen-bond donors (Lipinski definition) is 2. The van der Waals surface area contributed by atoms with Crippen LogP contribution in [-0.2, 0) is 16.0 Å². The van der Waals surface area contributed by atoms with Gasteiger partial charge in [-0.05, 0) is 24.9 Å². The molecule has 0 saturated carbocycles. The Morgan fingerprint density at radius 2 is 2.00 bits per heavy atom. The molecule has 1 rings (SSSR count). The summed E-state index contributed by atoms with van der Waals surface area (Å²) < 4.78 is 4.90. The van der Waals surface area contributed by atoms with Gasteiger partial charge in [-0.2, -0.15) is 0 Å². The molecule has 0 unspecified atom stereocenters. The third kappa shape index (κ3) is 7.04. The molecule has 2 N–H and O–H groups in total. The Morgan fingerprint density at radius 3 is 2.72 bits per heavy atom. The molecule has 0 radical (unpaired) electrons. The fourth-order valence-corrected chi connectivity index (χ4v) is 1.59. The van der Waals surface area contributed by atoms with E-state index in [1.165, 1.54) is 5.56 Å². The van der Waals surface area contributed by atoms with Gasteiger partial charge in [0.05, 0.1) is 6.54 Å². The molecule has 0 spiro atoms. The zero-order chi connectivity index (χ0) is 13.1. The number of carbonyl (C=O) groups excluding carboxylic acids is 1. The van der Waals surface area contributed by atoms with E-state index in [9.17, 15) is 4.79 Å². The smallest absolute Gasteiger partial charge is 0.233 e. The maximum atomic E-state index is 11.4. The molecular weight excluding hydrogens is 228 g/mol. The number of nitrogens with one attached hydrogen (secondary N) is 2. The highest BCUT2D eigenvalue weighted by atomic mass is 16.5. The minimum atomic E-state index is 0.0409. The average molecular weight is 250 g/mol. The summed E-state index contributed by atoms with van der Waals surface area (Å²) in [6.45, 7) is 2.55. The van der Waals surface area contributed by atoms with Gasteiger partial charge in [0, 0.05) is 20.3 Å². The Labute approximate surface area is 109 Å². The predicted molar refractivity (Wildman–Crippen MR) is 72.5 cm³/mol. The second-order valence-electron chi connectivity index (χ2n) is 4.11. The summed E-state index contributed by atoms with van der Waals surface area (Å²) in [5, 5.41) is 5.97. The van der Waals surface area contributed by atoms with E-state index in [0.717, 1.165) is 19.4 Å². The number of hydrogen-bond acceptors (Lipinski definition) is 3. The monoisotopic (exact) mass is 250 g/mol. The molecular formula is C14H22N2O2. The molecule has 0 aliphatic heterocycles. The van der Waals surface area contributed by atoms with E-state index in [0.29, 0.717) is 19.7 Å². The number of amides is 1. The van der Waals surface area contributed by atoms with Crippen molar-refractivity contribution in [2.24, 2.45) is 0 Å². The zero-order valence-corrected chi connectivity index (χ0v) is 10.9. The van der Waals surface area contributed by atoms with E-state index in [1.807, 2.05) is 18.2 Å². The lowest BCUT2D eigenvalue weighted by atomic mass is 10.1. The van der Waals surface area contributed by atoms with Crippen molar-refractivity contribution in [1.82, 2.24) is 10.6 Å². The molecule has 18 heavy (non-hydrogen) atoms. The van der Waals surface area contributed by atoms with Crippen molar-refractivity contribution in [3.05, 3.63) is 35.9 Å². The van der Waals surface area contributed by atoms with Gasteiger partial charge in [-0.25, -0.2) is 0 Å². The van der Waals surface area contributed by atoms with Crippen LogP contribution in [0, 0.1) is 0 Å². The Hall–Kier alpha value is -1.39. The van der Waals surface area contributed by atoms with Crippen LogP contribution in [0.1, 0.15) is 12.0 Å². The number of carbonyl (C=O) groups is 1. The molecule has 1 aromatic rings. The summed E-state index contributed by atoms with van der Waals surface area (Å²) in [6.07, 6.45) is 1.80. The summed E-state index contributed by atoms with van der Waals surface area (Å²) >= 11 is 0. The molecule has 0 aliphatic carbocycles. The first-order valence-corrected chi connectivity index (χ1v) is 6.33. The number of methoxy groups -OCH3 is 1. The lowest BCUT2D eigenvalue weighted by Crippen LogP contribution is -2.35. The van der Waals surface area contributed by atoms with Crippen LogP contribution in [0.2, 0.25) is 0 Å². The average Bonchev–Trinajstić information content (AvgIpc) is 2.41. The van der Waals surface area contributed by atoms with Crippen molar-refractivity contribution in [3.63, 3.8) is 0 Å². The highest BCUT2D eigenvalue weighted by molar-refractivity contribution is 5.77. The minimum Gasteiger partial charge on any atom is -0.385 e. The number of rotatable bonds is 9. The Morgan fingerprint density at radius 1 is 1.22 bits per heavy atom. The van der Waals surface area contributed by atoms with Gasteiger partial charge in [-0.15, -0.1) is 0 Å². The highest BCUT2D eigenvalue weighted by Crippen LogP contribution is 1.97. The van der Waals surface area contributed by atoms with Gasteiger partial charge < -0.3 is 15.4 Å². The molecule has 4 heteroatoms. The van der Waals surface area contributed by atoms with E-state index in [-0.39, 0.29) is 5.91 Å². The van der Waals surface area contributed by atoms with Crippen molar-refractivity contribution in [2.75, 3.05) is 33.4 Å². The molecule has 0 saturated heterocycles. The molecule has 0 bridgehead atoms. The van der Waals surface area contributed by atoms with Crippen molar-refractivity contribution < 1.29 is 9.53 Å². The highest BCUT2D eigenvalue weighted by Gasteiger charge is 1.99. The van der Waals surface area contributed by atoms with Crippen LogP contribution in [0.4, 0.5) is 0 Å². The summed E-state index contributed by atoms with van der Waals surface area (Å²) in [5.41, 5.74) is 1.28. The summed E-state index contributed by atoms with van der Waals surface area (Å²) in [5.74, 6) is 0.0409. The number of benzene rings is 1. The van der Waals surface area contributed by atoms with Crippen molar-refractivity contribution in [1.29, 1.82) is 0 Å². The van der Waals surface area contributed by atoms with Crippen LogP contribution in [0.15, 0.2) is 30.3 Å². The fraction of sp³-hybridized carbons (Fsp3) is 0.500. The first-order chi connectivity index (χ1) is 8.83. The van der Waals surface area contributed by atoms with Gasteiger partial charge in [0.25, 0.3) is 0 Å².